The van der Waals surface area contributed by atoms with Gasteiger partial charge in [-0.15, -0.1) is 0 Å². The summed E-state index contributed by atoms with van der Waals surface area (Å²) in [6.07, 6.45) is 2.78. The molecular weight excluding hydrogens is 620 g/mol. The highest BCUT2D eigenvalue weighted by Gasteiger charge is 2.63. The van der Waals surface area contributed by atoms with E-state index >= 15 is 4.39 Å². The van der Waals surface area contributed by atoms with Crippen molar-refractivity contribution < 1.29 is 32.6 Å². The summed E-state index contributed by atoms with van der Waals surface area (Å²) in [7, 11) is 3.70. The summed E-state index contributed by atoms with van der Waals surface area (Å²) < 4.78 is 46.3. The van der Waals surface area contributed by atoms with E-state index in [1.54, 1.807) is 38.4 Å². The van der Waals surface area contributed by atoms with Gasteiger partial charge in [-0.2, -0.15) is 0 Å². The molecule has 6 rings (SSSR count). The molecule has 3 aromatic carbocycles. The van der Waals surface area contributed by atoms with Crippen molar-refractivity contribution in [1.82, 2.24) is 14.8 Å². The van der Waals surface area contributed by atoms with E-state index in [1.165, 1.54) is 36.4 Å². The quantitative estimate of drug-likeness (QED) is 0.142. The summed E-state index contributed by atoms with van der Waals surface area (Å²) >= 11 is 0. The second-order valence-corrected chi connectivity index (χ2v) is 12.4. The Hall–Kier alpha value is -4.81. The van der Waals surface area contributed by atoms with Crippen LogP contribution in [0.1, 0.15) is 19.8 Å². The largest absolute Gasteiger partial charge is 0.493 e. The number of fused-ring (bicyclic) bond motifs is 1. The Morgan fingerprint density at radius 3 is 2.25 bits per heavy atom. The lowest BCUT2D eigenvalue weighted by Gasteiger charge is -2.32. The van der Waals surface area contributed by atoms with Gasteiger partial charge in [-0.05, 0) is 74.3 Å². The molecule has 2 heterocycles. The molecule has 2 fully saturated rings. The third kappa shape index (κ3) is 7.19. The van der Waals surface area contributed by atoms with Crippen molar-refractivity contribution in [1.29, 1.82) is 0 Å². The van der Waals surface area contributed by atoms with Crippen molar-refractivity contribution >= 4 is 34.1 Å². The molecule has 2 N–H and O–H groups in total. The minimum Gasteiger partial charge on any atom is -0.493 e. The number of halogens is 2. The lowest BCUT2D eigenvalue weighted by molar-refractivity contribution is -0.131. The third-order valence-corrected chi connectivity index (χ3v) is 9.09. The number of amides is 2. The molecule has 0 radical (unpaired) electrons. The topological polar surface area (TPSA) is 105 Å². The van der Waals surface area contributed by atoms with Crippen LogP contribution in [0.4, 0.5) is 20.2 Å². The number of methoxy groups -OCH3 is 1. The van der Waals surface area contributed by atoms with E-state index < -0.39 is 28.9 Å². The third-order valence-electron chi connectivity index (χ3n) is 9.09. The molecule has 1 aromatic heterocycles. The fourth-order valence-electron chi connectivity index (χ4n) is 5.99. The number of nitrogens with one attached hydrogen (secondary N) is 2. The molecule has 2 atom stereocenters. The summed E-state index contributed by atoms with van der Waals surface area (Å²) in [6, 6.07) is 14.5. The first-order valence-corrected chi connectivity index (χ1v) is 16.0. The summed E-state index contributed by atoms with van der Waals surface area (Å²) in [5.74, 6) is -1.06. The molecule has 1 aliphatic heterocycles. The van der Waals surface area contributed by atoms with Crippen molar-refractivity contribution in [2.24, 2.45) is 11.3 Å². The number of pyridine rings is 1. The van der Waals surface area contributed by atoms with Crippen LogP contribution in [0.2, 0.25) is 0 Å². The maximum absolute atomic E-state index is 15.3. The lowest BCUT2D eigenvalue weighted by atomic mass is 10.0. The molecule has 1 saturated heterocycles. The van der Waals surface area contributed by atoms with Gasteiger partial charge in [0.15, 0.2) is 23.1 Å². The van der Waals surface area contributed by atoms with E-state index in [4.69, 9.17) is 14.2 Å². The van der Waals surface area contributed by atoms with Crippen LogP contribution in [-0.4, -0.2) is 80.1 Å². The number of anilines is 2. The van der Waals surface area contributed by atoms with Gasteiger partial charge in [-0.1, -0.05) is 6.92 Å². The van der Waals surface area contributed by atoms with E-state index in [2.05, 4.69) is 32.5 Å². The number of nitrogens with zero attached hydrogens (tertiary/aromatic N) is 3. The SMILES string of the molecule is COc1cc2c(Oc3ccc(NC(=O)[C@]4(C(=O)Nc5ccc(F)cc5)C[C@H]4C)cc3F)ccnc2cc1OCCCN1CCN(C)CC1. The van der Waals surface area contributed by atoms with Crippen molar-refractivity contribution in [2.45, 2.75) is 19.8 Å². The highest BCUT2D eigenvalue weighted by molar-refractivity contribution is 6.17. The molecule has 1 aliphatic carbocycles. The number of carbonyl (C=O) groups is 2. The molecule has 10 nitrogen and oxygen atoms in total. The molecule has 252 valence electrons. The van der Waals surface area contributed by atoms with Gasteiger partial charge in [0.25, 0.3) is 0 Å². The first-order valence-electron chi connectivity index (χ1n) is 16.0. The number of ether oxygens (including phenoxy) is 3. The van der Waals surface area contributed by atoms with Crippen LogP contribution in [0.25, 0.3) is 10.9 Å². The minimum atomic E-state index is -1.32. The zero-order valence-corrected chi connectivity index (χ0v) is 27.2. The molecule has 4 aromatic rings. The van der Waals surface area contributed by atoms with Gasteiger partial charge in [0.1, 0.15) is 17.0 Å². The Bertz CT molecular complexity index is 1800. The predicted molar refractivity (Wildman–Crippen MR) is 179 cm³/mol. The number of hydrogen-bond donors (Lipinski definition) is 2. The molecule has 0 spiro atoms. The molecule has 2 amide bonds. The fourth-order valence-corrected chi connectivity index (χ4v) is 5.99. The van der Waals surface area contributed by atoms with Crippen LogP contribution in [0.3, 0.4) is 0 Å². The minimum absolute atomic E-state index is 0.0627. The second-order valence-electron chi connectivity index (χ2n) is 12.4. The van der Waals surface area contributed by atoms with Crippen LogP contribution in [0.5, 0.6) is 23.0 Å². The lowest BCUT2D eigenvalue weighted by Crippen LogP contribution is -2.44. The molecule has 2 aliphatic rings. The van der Waals surface area contributed by atoms with Crippen molar-refractivity contribution in [3.8, 4) is 23.0 Å². The average Bonchev–Trinajstić information content (AvgIpc) is 3.78. The molecule has 12 heteroatoms. The number of benzene rings is 3. The van der Waals surface area contributed by atoms with Gasteiger partial charge >= 0.3 is 0 Å². The van der Waals surface area contributed by atoms with Gasteiger partial charge in [-0.3, -0.25) is 14.6 Å². The van der Waals surface area contributed by atoms with Crippen LogP contribution in [0, 0.1) is 23.0 Å². The van der Waals surface area contributed by atoms with Gasteiger partial charge < -0.3 is 34.6 Å². The van der Waals surface area contributed by atoms with E-state index in [1.807, 2.05) is 0 Å². The maximum Gasteiger partial charge on any atom is 0.240 e. The maximum atomic E-state index is 15.3. The fraction of sp³-hybridized carbons (Fsp3) is 0.361. The van der Waals surface area contributed by atoms with Crippen molar-refractivity contribution in [2.75, 3.05) is 64.1 Å². The van der Waals surface area contributed by atoms with Crippen LogP contribution < -0.4 is 24.8 Å². The normalized spacial score (nSPS) is 19.5. The smallest absolute Gasteiger partial charge is 0.240 e. The number of carbonyl (C=O) groups excluding carboxylic acids is 2. The highest BCUT2D eigenvalue weighted by Crippen LogP contribution is 2.53. The first kappa shape index (κ1) is 33.1. The summed E-state index contributed by atoms with van der Waals surface area (Å²) in [5, 5.41) is 5.96. The Morgan fingerprint density at radius 1 is 0.896 bits per heavy atom. The molecule has 1 saturated carbocycles. The Kier molecular flexibility index (Phi) is 9.74. The van der Waals surface area contributed by atoms with E-state index in [0.717, 1.165) is 45.2 Å². The first-order chi connectivity index (χ1) is 23.2. The highest BCUT2D eigenvalue weighted by atomic mass is 19.1. The van der Waals surface area contributed by atoms with Gasteiger partial charge in [0, 0.05) is 67.8 Å². The van der Waals surface area contributed by atoms with Crippen LogP contribution >= 0.6 is 0 Å². The van der Waals surface area contributed by atoms with Crippen molar-refractivity contribution in [3.05, 3.63) is 78.5 Å². The van der Waals surface area contributed by atoms with E-state index in [-0.39, 0.29) is 17.4 Å². The second kappa shape index (κ2) is 14.1. The van der Waals surface area contributed by atoms with Gasteiger partial charge in [0.2, 0.25) is 11.8 Å². The Balaban J connectivity index is 1.10. The standard InChI is InChI=1S/C36H39F2N5O5/c1-23-22-36(23,34(44)40-25-7-5-24(37)6-8-25)35(45)41-26-9-10-31(28(38)19-26)48-30-11-12-39-29-21-33(32(46-3)20-27(29)30)47-18-4-13-43-16-14-42(2)15-17-43/h5-12,19-21,23H,4,13-18,22H2,1-3H3,(H,40,44)(H,41,45)/t23-,36-/m1/s1. The van der Waals surface area contributed by atoms with Crippen LogP contribution in [-0.2, 0) is 9.59 Å². The van der Waals surface area contributed by atoms with Gasteiger partial charge in [0.05, 0.1) is 19.2 Å². The predicted octanol–water partition coefficient (Wildman–Crippen LogP) is 5.93. The number of rotatable bonds is 12. The number of aromatic nitrogens is 1. The molecule has 0 unspecified atom stereocenters. The van der Waals surface area contributed by atoms with Gasteiger partial charge in [-0.25, -0.2) is 8.78 Å². The number of likely N-dealkylation sites (N-methyl/N-ethyl adjacent to an activating group) is 1. The molecular formula is C36H39F2N5O5. The Morgan fingerprint density at radius 2 is 1.58 bits per heavy atom. The number of piperazine rings is 1. The summed E-state index contributed by atoms with van der Waals surface area (Å²) in [4.78, 5) is 35.6. The average molecular weight is 660 g/mol. The van der Waals surface area contributed by atoms with E-state index in [0.29, 0.717) is 46.9 Å². The zero-order chi connectivity index (χ0) is 33.8. The summed E-state index contributed by atoms with van der Waals surface area (Å²) in [6.45, 7) is 7.53. The monoisotopic (exact) mass is 659 g/mol. The van der Waals surface area contributed by atoms with E-state index in [9.17, 15) is 14.0 Å². The Labute approximate surface area is 278 Å². The van der Waals surface area contributed by atoms with Crippen LogP contribution in [0.15, 0.2) is 66.9 Å². The summed E-state index contributed by atoms with van der Waals surface area (Å²) in [5.41, 5.74) is -0.174. The van der Waals surface area contributed by atoms with Crippen molar-refractivity contribution in [3.63, 3.8) is 0 Å². The zero-order valence-electron chi connectivity index (χ0n) is 27.2. The molecule has 48 heavy (non-hydrogen) atoms. The number of hydrogen-bond acceptors (Lipinski definition) is 8. The molecule has 0 bridgehead atoms.